The molecule has 2 heterocycles. The van der Waals surface area contributed by atoms with Crippen molar-refractivity contribution >= 4 is 67.6 Å². The van der Waals surface area contributed by atoms with Crippen LogP contribution in [0.5, 0.6) is 0 Å². The summed E-state index contributed by atoms with van der Waals surface area (Å²) in [5.41, 5.74) is 36.5. The molecule has 400 valence electrons. The van der Waals surface area contributed by atoms with Crippen molar-refractivity contribution in [3.63, 3.8) is 0 Å². The van der Waals surface area contributed by atoms with Gasteiger partial charge in [0.2, 0.25) is 17.7 Å². The van der Waals surface area contributed by atoms with Crippen molar-refractivity contribution in [2.75, 3.05) is 13.2 Å². The van der Waals surface area contributed by atoms with E-state index in [-0.39, 0.29) is 101 Å². The van der Waals surface area contributed by atoms with Crippen molar-refractivity contribution in [2.24, 2.45) is 51.9 Å². The molecule has 2 bridgehead atoms. The van der Waals surface area contributed by atoms with E-state index in [2.05, 4.69) is 47.2 Å². The van der Waals surface area contributed by atoms with Crippen LogP contribution in [0.3, 0.4) is 0 Å². The Bertz CT molecular complexity index is 1750. The third-order valence-electron chi connectivity index (χ3n) is 12.2. The average Bonchev–Trinajstić information content (AvgIpc) is 3.98. The topological polar surface area (TPSA) is 444 Å². The molecule has 27 heteroatoms. The van der Waals surface area contributed by atoms with Gasteiger partial charge in [0.05, 0.1) is 47.1 Å². The van der Waals surface area contributed by atoms with Crippen LogP contribution < -0.4 is 58.2 Å². The second-order valence-corrected chi connectivity index (χ2v) is 21.1. The van der Waals surface area contributed by atoms with E-state index in [1.165, 1.54) is 17.8 Å². The zero-order valence-electron chi connectivity index (χ0n) is 41.4. The molecule has 0 spiro atoms. The van der Waals surface area contributed by atoms with Gasteiger partial charge in [-0.2, -0.15) is 0 Å². The quantitative estimate of drug-likeness (QED) is 0.0351. The fourth-order valence-electron chi connectivity index (χ4n) is 8.19. The van der Waals surface area contributed by atoms with E-state index in [1.54, 1.807) is 20.8 Å². The van der Waals surface area contributed by atoms with Gasteiger partial charge >= 0.3 is 47.6 Å². The van der Waals surface area contributed by atoms with E-state index in [4.69, 9.17) is 53.1 Å². The fraction of sp³-hybridized carbons (Fsp3) is 0.818. The summed E-state index contributed by atoms with van der Waals surface area (Å²) >= 11 is 6.82. The van der Waals surface area contributed by atoms with Crippen molar-refractivity contribution in [1.82, 2.24) is 11.5 Å². The molecule has 7 aliphatic rings. The maximum Gasteiger partial charge on any atom is 1.00 e. The van der Waals surface area contributed by atoms with Gasteiger partial charge in [-0.3, -0.25) is 28.9 Å². The number of nitrogens with one attached hydrogen (secondary N) is 1. The number of alkyl carbamates (subject to hydrolysis) is 1. The Morgan fingerprint density at radius 1 is 0.746 bits per heavy atom. The standard InChI is InChI=1S/C12H22N2O4.C7H12BrNO2.C7H9BrO2.C7H12N4O2.C7H10O2.C4H8O.N3.H3N.Na/c1-12(2,3)18-11(17)14-8-5-4-7(10(13)16)6-9(8)15;8-5-2-1-4(7(9)11)3-6(5)10;8-5-2-1-4-3-6(5)10-7(4)9;8-7(13)4-1-2-5(10-11-9)6(12)3-4;8-7(9)6-4-2-1-3-5-6;1-2-4-5-3-1;1-3-2;;/h7-9,15H,4-6H2,1-3H3,(H2,13,16)(H,14,17);4-6,10H,1-3H2,(H2,9,11);4-6H,1-3H2;4-6,12H,1-3H2,(H2,8,13);1-2,6H,3-5H2,(H,8,9);1-4H2;;1H3;/q;;;;;;-1;;+1/t7-,8-,9-;2*4-,5+,6-;4-,5-,6-;;;;;/m1111...../s1. The molecule has 5 aliphatic carbocycles. The Hall–Kier alpha value is -3.26. The first-order chi connectivity index (χ1) is 32.4. The number of alkyl halides is 2. The zero-order chi connectivity index (χ0) is 52.3. The van der Waals surface area contributed by atoms with Crippen LogP contribution in [0.25, 0.3) is 26.4 Å². The van der Waals surface area contributed by atoms with Crippen LogP contribution in [0.4, 0.5) is 4.79 Å². The van der Waals surface area contributed by atoms with Crippen molar-refractivity contribution in [3.05, 3.63) is 38.6 Å². The Kier molecular flexibility index (Phi) is 36.8. The number of hydrogen-bond donors (Lipinski definition) is 9. The number of azide groups is 1. The summed E-state index contributed by atoms with van der Waals surface area (Å²) in [5, 5.41) is 43.2. The Balaban J connectivity index is 0. The molecule has 24 nitrogen and oxygen atoms in total. The minimum Gasteiger partial charge on any atom is -0.481 e. The van der Waals surface area contributed by atoms with Crippen LogP contribution in [0, 0.1) is 29.6 Å². The third-order valence-corrected chi connectivity index (χ3v) is 14.3. The molecule has 4 saturated carbocycles. The predicted octanol–water partition coefficient (Wildman–Crippen LogP) is 2.97. The van der Waals surface area contributed by atoms with Crippen LogP contribution in [0.1, 0.15) is 130 Å². The Morgan fingerprint density at radius 3 is 1.65 bits per heavy atom. The number of amides is 4. The number of primary amides is 3. The predicted molar refractivity (Wildman–Crippen MR) is 266 cm³/mol. The summed E-state index contributed by atoms with van der Waals surface area (Å²) in [6.07, 6.45) is 14.7. The number of ether oxygens (including phenoxy) is 3. The second-order valence-electron chi connectivity index (χ2n) is 18.7. The molecule has 13 atom stereocenters. The second kappa shape index (κ2) is 37.5. The first-order valence-electron chi connectivity index (χ1n) is 23.3. The van der Waals surface area contributed by atoms with Crippen molar-refractivity contribution in [1.29, 1.82) is 0 Å². The van der Waals surface area contributed by atoms with E-state index >= 15 is 0 Å². The Labute approximate surface area is 454 Å². The fourth-order valence-corrected chi connectivity index (χ4v) is 9.26. The molecular weight excluding hydrogens is 1070 g/mol. The van der Waals surface area contributed by atoms with Gasteiger partial charge < -0.3 is 74.4 Å². The molecule has 14 N–H and O–H groups in total. The van der Waals surface area contributed by atoms with E-state index in [0.29, 0.717) is 43.4 Å². The van der Waals surface area contributed by atoms with E-state index < -0.39 is 53.8 Å². The minimum atomic E-state index is -0.760. The zero-order valence-corrected chi connectivity index (χ0v) is 46.6. The molecule has 6 fully saturated rings. The number of nitrogens with two attached hydrogens (primary N) is 3. The number of halogens is 2. The molecule has 1 unspecified atom stereocenters. The largest absolute Gasteiger partial charge is 1.00 e. The summed E-state index contributed by atoms with van der Waals surface area (Å²) < 4.78 is 15.2. The number of allylic oxidation sites excluding steroid dienone is 2. The summed E-state index contributed by atoms with van der Waals surface area (Å²) in [5.74, 6) is -2.32. The average molecular weight is 1150 g/mol. The Morgan fingerprint density at radius 2 is 1.25 bits per heavy atom. The molecule has 7 rings (SSSR count). The first kappa shape index (κ1) is 69.8. The van der Waals surface area contributed by atoms with Crippen molar-refractivity contribution in [3.8, 4) is 0 Å². The van der Waals surface area contributed by atoms with Gasteiger partial charge in [0, 0.05) is 40.7 Å². The van der Waals surface area contributed by atoms with Crippen LogP contribution in [-0.4, -0.2) is 121 Å². The molecule has 0 aromatic rings. The monoisotopic (exact) mass is 1150 g/mol. The number of carboxylic acid groups (broad SMARTS) is 1. The summed E-state index contributed by atoms with van der Waals surface area (Å²) in [6, 6.07) is -0.781. The number of aliphatic carboxylic acids is 1. The SMILES string of the molecule is C1CCOC1.CC(C)(C)OC(=O)N[C@@H]1CC[C@@H](C(N)=O)C[C@H]1O.N.NC(=O)[C@@H]1CC[C@H](Br)[C@H](O)C1.O=C(O)C1CC=CCC1.O=C1O[C@@H]2C[C@H]1CC[C@@H]2Br.[N-]=[N+]=N[C@@H]1CC[C@@H](C(N)=O)C[C@H]1O.[N-]=[N+]=[N-].[Na+]. The van der Waals surface area contributed by atoms with Gasteiger partial charge in [0.15, 0.2) is 0 Å². The van der Waals surface area contributed by atoms with Gasteiger partial charge in [0.25, 0.3) is 0 Å². The summed E-state index contributed by atoms with van der Waals surface area (Å²) in [6.45, 7) is 7.31. The van der Waals surface area contributed by atoms with Crippen molar-refractivity contribution < 1.29 is 93.0 Å². The van der Waals surface area contributed by atoms with E-state index in [9.17, 15) is 44.1 Å². The maximum atomic E-state index is 11.6. The minimum absolute atomic E-state index is 0. The molecule has 0 radical (unpaired) electrons. The van der Waals surface area contributed by atoms with Crippen molar-refractivity contribution in [2.45, 2.75) is 182 Å². The third kappa shape index (κ3) is 29.3. The van der Waals surface area contributed by atoms with Gasteiger partial charge in [-0.05, 0) is 135 Å². The molecule has 2 aliphatic heterocycles. The van der Waals surface area contributed by atoms with Crippen LogP contribution in [-0.2, 0) is 38.2 Å². The van der Waals surface area contributed by atoms with Gasteiger partial charge in [-0.25, -0.2) is 4.79 Å². The van der Waals surface area contributed by atoms with Gasteiger partial charge in [-0.15, -0.1) is 0 Å². The number of carbonyl (C=O) groups excluding carboxylic acids is 5. The van der Waals surface area contributed by atoms with Gasteiger partial charge in [0.1, 0.15) is 11.7 Å². The van der Waals surface area contributed by atoms with Crippen LogP contribution >= 0.6 is 31.9 Å². The summed E-state index contributed by atoms with van der Waals surface area (Å²) in [4.78, 5) is 70.0. The molecule has 0 aromatic heterocycles. The first-order valence-corrected chi connectivity index (χ1v) is 25.2. The van der Waals surface area contributed by atoms with Gasteiger partial charge in [-0.1, -0.05) is 49.1 Å². The smallest absolute Gasteiger partial charge is 0.481 e. The molecule has 4 amide bonds. The van der Waals surface area contributed by atoms with Crippen LogP contribution in [0.15, 0.2) is 17.3 Å². The molecule has 71 heavy (non-hydrogen) atoms. The number of carbonyl (C=O) groups is 6. The molecule has 2 saturated heterocycles. The number of carboxylic acids is 1. The van der Waals surface area contributed by atoms with E-state index in [1.807, 2.05) is 12.2 Å². The molecule has 0 aromatic carbocycles. The number of aliphatic hydroxyl groups is 3. The number of aliphatic hydroxyl groups excluding tert-OH is 3. The van der Waals surface area contributed by atoms with Crippen LogP contribution in [0.2, 0.25) is 0 Å². The number of hydrogen-bond acceptors (Lipinski definition) is 14. The summed E-state index contributed by atoms with van der Waals surface area (Å²) in [7, 11) is 0. The number of fused-ring (bicyclic) bond motifs is 2. The normalized spacial score (nSPS) is 30.8. The number of esters is 1. The number of nitrogens with zero attached hydrogens (tertiary/aromatic N) is 6. The maximum absolute atomic E-state index is 11.6. The van der Waals surface area contributed by atoms with E-state index in [0.717, 1.165) is 64.6 Å². The molecular formula is C44H76Br2N11NaO13. The number of rotatable bonds is 6.